The van der Waals surface area contributed by atoms with Crippen LogP contribution in [0.4, 0.5) is 0 Å². The molecule has 0 aliphatic heterocycles. The Morgan fingerprint density at radius 3 is 2.44 bits per heavy atom. The fraction of sp³-hybridized carbons (Fsp3) is 0.417. The van der Waals surface area contributed by atoms with Gasteiger partial charge in [0.2, 0.25) is 0 Å². The maximum Gasteiger partial charge on any atom is 0.328 e. The number of hydrogen-bond donors (Lipinski definition) is 2. The molecule has 0 fully saturated rings. The number of methoxy groups -OCH3 is 1. The van der Waals surface area contributed by atoms with Gasteiger partial charge in [-0.25, -0.2) is 4.79 Å². The van der Waals surface area contributed by atoms with Crippen molar-refractivity contribution in [2.24, 2.45) is 5.73 Å². The van der Waals surface area contributed by atoms with Gasteiger partial charge in [-0.2, -0.15) is 0 Å². The third-order valence-corrected chi connectivity index (χ3v) is 2.63. The van der Waals surface area contributed by atoms with Gasteiger partial charge >= 0.3 is 5.97 Å². The molecule has 16 heavy (non-hydrogen) atoms. The van der Waals surface area contributed by atoms with Crippen LogP contribution >= 0.6 is 0 Å². The number of carbonyl (C=O) groups is 1. The second-order valence-corrected chi connectivity index (χ2v) is 4.17. The summed E-state index contributed by atoms with van der Waals surface area (Å²) in [5.41, 5.74) is 6.72. The molecule has 0 bridgehead atoms. The molecular formula is C12H17NO3. The van der Waals surface area contributed by atoms with E-state index in [9.17, 15) is 4.79 Å². The molecule has 1 aromatic rings. The highest BCUT2D eigenvalue weighted by molar-refractivity contribution is 5.81. The highest BCUT2D eigenvalue weighted by Crippen LogP contribution is 2.32. The van der Waals surface area contributed by atoms with Gasteiger partial charge in [0.1, 0.15) is 11.3 Å². The molecule has 1 atom stereocenters. The van der Waals surface area contributed by atoms with E-state index in [2.05, 4.69) is 0 Å². The molecular weight excluding hydrogens is 206 g/mol. The van der Waals surface area contributed by atoms with E-state index in [-0.39, 0.29) is 0 Å². The zero-order chi connectivity index (χ0) is 12.5. The van der Waals surface area contributed by atoms with Crippen LogP contribution in [-0.2, 0) is 10.3 Å². The fourth-order valence-corrected chi connectivity index (χ4v) is 1.73. The van der Waals surface area contributed by atoms with Crippen molar-refractivity contribution in [1.29, 1.82) is 0 Å². The highest BCUT2D eigenvalue weighted by atomic mass is 16.5. The van der Waals surface area contributed by atoms with Gasteiger partial charge in [-0.15, -0.1) is 0 Å². The molecule has 1 aromatic carbocycles. The normalized spacial score (nSPS) is 14.3. The van der Waals surface area contributed by atoms with Gasteiger partial charge < -0.3 is 15.6 Å². The maximum absolute atomic E-state index is 11.1. The van der Waals surface area contributed by atoms with E-state index < -0.39 is 11.5 Å². The number of hydrogen-bond acceptors (Lipinski definition) is 3. The maximum atomic E-state index is 11.1. The van der Waals surface area contributed by atoms with Gasteiger partial charge in [0.05, 0.1) is 7.11 Å². The average Bonchev–Trinajstić information content (AvgIpc) is 2.16. The Morgan fingerprint density at radius 1 is 1.44 bits per heavy atom. The van der Waals surface area contributed by atoms with Crippen LogP contribution in [0.15, 0.2) is 12.1 Å². The van der Waals surface area contributed by atoms with Crippen molar-refractivity contribution in [2.75, 3.05) is 7.11 Å². The molecule has 3 N–H and O–H groups in total. The number of carboxylic acids is 1. The Kier molecular flexibility index (Phi) is 3.24. The molecule has 0 aliphatic carbocycles. The van der Waals surface area contributed by atoms with E-state index in [0.29, 0.717) is 11.3 Å². The second-order valence-electron chi connectivity index (χ2n) is 4.17. The lowest BCUT2D eigenvalue weighted by molar-refractivity contribution is -0.143. The Bertz CT molecular complexity index is 425. The summed E-state index contributed by atoms with van der Waals surface area (Å²) in [4.78, 5) is 11.1. The monoisotopic (exact) mass is 223 g/mol. The molecule has 1 unspecified atom stereocenters. The van der Waals surface area contributed by atoms with E-state index in [1.54, 1.807) is 6.07 Å². The summed E-state index contributed by atoms with van der Waals surface area (Å²) >= 11 is 0. The van der Waals surface area contributed by atoms with Crippen LogP contribution < -0.4 is 10.5 Å². The van der Waals surface area contributed by atoms with E-state index >= 15 is 0 Å². The zero-order valence-electron chi connectivity index (χ0n) is 10.00. The summed E-state index contributed by atoms with van der Waals surface area (Å²) in [5, 5.41) is 9.12. The van der Waals surface area contributed by atoms with Gasteiger partial charge in [-0.05, 0) is 32.4 Å². The lowest BCUT2D eigenvalue weighted by atomic mass is 9.89. The summed E-state index contributed by atoms with van der Waals surface area (Å²) < 4.78 is 5.22. The van der Waals surface area contributed by atoms with Gasteiger partial charge in [-0.1, -0.05) is 11.6 Å². The van der Waals surface area contributed by atoms with E-state index in [4.69, 9.17) is 15.6 Å². The van der Waals surface area contributed by atoms with E-state index in [0.717, 1.165) is 11.1 Å². The molecule has 1 rings (SSSR count). The Labute approximate surface area is 95.0 Å². The number of nitrogens with two attached hydrogens (primary N) is 1. The van der Waals surface area contributed by atoms with Crippen LogP contribution in [0.3, 0.4) is 0 Å². The highest BCUT2D eigenvalue weighted by Gasteiger charge is 2.34. The van der Waals surface area contributed by atoms with Gasteiger partial charge in [0.25, 0.3) is 0 Å². The quantitative estimate of drug-likeness (QED) is 0.815. The Hall–Kier alpha value is -1.55. The first-order valence-corrected chi connectivity index (χ1v) is 4.98. The minimum absolute atomic E-state index is 0.500. The lowest BCUT2D eigenvalue weighted by Gasteiger charge is -2.24. The molecule has 0 amide bonds. The summed E-state index contributed by atoms with van der Waals surface area (Å²) in [6, 6.07) is 3.68. The molecule has 0 spiro atoms. The fourth-order valence-electron chi connectivity index (χ4n) is 1.73. The Morgan fingerprint density at radius 2 is 2.00 bits per heavy atom. The Balaban J connectivity index is 3.48. The average molecular weight is 223 g/mol. The van der Waals surface area contributed by atoms with Crippen LogP contribution in [-0.4, -0.2) is 18.2 Å². The first-order valence-electron chi connectivity index (χ1n) is 4.98. The van der Waals surface area contributed by atoms with Crippen molar-refractivity contribution in [3.63, 3.8) is 0 Å². The van der Waals surface area contributed by atoms with Crippen LogP contribution in [0.1, 0.15) is 23.6 Å². The predicted octanol–water partition coefficient (Wildman–Crippen LogP) is 1.57. The van der Waals surface area contributed by atoms with Crippen molar-refractivity contribution >= 4 is 5.97 Å². The number of rotatable bonds is 3. The number of carboxylic acid groups (broad SMARTS) is 1. The molecule has 0 radical (unpaired) electrons. The molecule has 0 saturated carbocycles. The summed E-state index contributed by atoms with van der Waals surface area (Å²) in [5.74, 6) is -0.534. The second kappa shape index (κ2) is 4.14. The largest absolute Gasteiger partial charge is 0.496 e. The smallest absolute Gasteiger partial charge is 0.328 e. The summed E-state index contributed by atoms with van der Waals surface area (Å²) in [7, 11) is 1.51. The van der Waals surface area contributed by atoms with Crippen LogP contribution in [0.25, 0.3) is 0 Å². The van der Waals surface area contributed by atoms with Crippen molar-refractivity contribution < 1.29 is 14.6 Å². The number of ether oxygens (including phenoxy) is 1. The first kappa shape index (κ1) is 12.5. The zero-order valence-corrected chi connectivity index (χ0v) is 10.00. The SMILES string of the molecule is COc1c(C)cc(C)cc1C(C)(N)C(=O)O. The van der Waals surface area contributed by atoms with Crippen molar-refractivity contribution in [3.05, 3.63) is 28.8 Å². The van der Waals surface area contributed by atoms with Gasteiger partial charge in [-0.3, -0.25) is 0 Å². The van der Waals surface area contributed by atoms with Crippen molar-refractivity contribution in [3.8, 4) is 5.75 Å². The van der Waals surface area contributed by atoms with E-state index in [1.807, 2.05) is 19.9 Å². The number of aliphatic carboxylic acids is 1. The molecule has 4 heteroatoms. The van der Waals surface area contributed by atoms with Crippen molar-refractivity contribution in [1.82, 2.24) is 0 Å². The molecule has 4 nitrogen and oxygen atoms in total. The van der Waals surface area contributed by atoms with Gasteiger partial charge in [0, 0.05) is 5.56 Å². The summed E-state index contributed by atoms with van der Waals surface area (Å²) in [6.07, 6.45) is 0. The standard InChI is InChI=1S/C12H17NO3/c1-7-5-8(2)10(16-4)9(6-7)12(3,13)11(14)15/h5-6H,13H2,1-4H3,(H,14,15). The number of aryl methyl sites for hydroxylation is 2. The van der Waals surface area contributed by atoms with Crippen LogP contribution in [0, 0.1) is 13.8 Å². The van der Waals surface area contributed by atoms with E-state index in [1.165, 1.54) is 14.0 Å². The molecule has 0 aliphatic rings. The predicted molar refractivity (Wildman–Crippen MR) is 61.6 cm³/mol. The van der Waals surface area contributed by atoms with Crippen LogP contribution in [0.2, 0.25) is 0 Å². The molecule has 88 valence electrons. The molecule has 0 aromatic heterocycles. The third-order valence-electron chi connectivity index (χ3n) is 2.63. The molecule has 0 saturated heterocycles. The van der Waals surface area contributed by atoms with Crippen molar-refractivity contribution in [2.45, 2.75) is 26.3 Å². The summed E-state index contributed by atoms with van der Waals surface area (Å²) in [6.45, 7) is 5.23. The first-order chi connectivity index (χ1) is 7.30. The minimum Gasteiger partial charge on any atom is -0.496 e. The van der Waals surface area contributed by atoms with Crippen LogP contribution in [0.5, 0.6) is 5.75 Å². The topological polar surface area (TPSA) is 72.5 Å². The van der Waals surface area contributed by atoms with Gasteiger partial charge in [0.15, 0.2) is 0 Å². The number of benzene rings is 1. The molecule has 0 heterocycles. The lowest BCUT2D eigenvalue weighted by Crippen LogP contribution is -2.42. The minimum atomic E-state index is -1.44. The third kappa shape index (κ3) is 2.02.